The fourth-order valence-electron chi connectivity index (χ4n) is 2.51. The molecule has 0 heterocycles. The summed E-state index contributed by atoms with van der Waals surface area (Å²) in [5, 5.41) is 3.61. The van der Waals surface area contributed by atoms with E-state index in [-0.39, 0.29) is 0 Å². The van der Waals surface area contributed by atoms with Crippen LogP contribution >= 0.6 is 0 Å². The molecule has 0 atom stereocenters. The zero-order valence-electron chi connectivity index (χ0n) is 14.9. The lowest BCUT2D eigenvalue weighted by Crippen LogP contribution is -2.14. The van der Waals surface area contributed by atoms with Crippen molar-refractivity contribution in [1.82, 2.24) is 5.32 Å². The minimum atomic E-state index is 0.816. The molecule has 128 valence electrons. The first kappa shape index (κ1) is 19.4. The third-order valence-electron chi connectivity index (χ3n) is 3.71. The molecule has 0 amide bonds. The van der Waals surface area contributed by atoms with Gasteiger partial charge in [-0.15, -0.1) is 0 Å². The summed E-state index contributed by atoms with van der Waals surface area (Å²) in [4.78, 5) is 4.59. The maximum Gasteiger partial charge on any atom is 0.0718 e. The number of benzene rings is 1. The van der Waals surface area contributed by atoms with E-state index in [1.54, 1.807) is 0 Å². The van der Waals surface area contributed by atoms with E-state index in [1.165, 1.54) is 36.9 Å². The lowest BCUT2D eigenvalue weighted by molar-refractivity contribution is 0.609. The van der Waals surface area contributed by atoms with Crippen molar-refractivity contribution in [2.24, 2.45) is 10.7 Å². The maximum atomic E-state index is 5.52. The Bertz CT molecular complexity index is 478. The molecule has 23 heavy (non-hydrogen) atoms. The van der Waals surface area contributed by atoms with E-state index < -0.39 is 0 Å². The van der Waals surface area contributed by atoms with Crippen molar-refractivity contribution in [2.75, 3.05) is 13.1 Å². The van der Waals surface area contributed by atoms with Gasteiger partial charge in [0.05, 0.1) is 5.69 Å². The molecule has 0 aliphatic carbocycles. The van der Waals surface area contributed by atoms with E-state index in [0.29, 0.717) is 0 Å². The Kier molecular flexibility index (Phi) is 10.9. The van der Waals surface area contributed by atoms with Gasteiger partial charge in [0, 0.05) is 24.0 Å². The van der Waals surface area contributed by atoms with E-state index in [2.05, 4.69) is 48.4 Å². The number of hydrogen-bond acceptors (Lipinski definition) is 3. The van der Waals surface area contributed by atoms with Gasteiger partial charge in [0.25, 0.3) is 0 Å². The van der Waals surface area contributed by atoms with Crippen LogP contribution in [0.1, 0.15) is 64.4 Å². The monoisotopic (exact) mass is 315 g/mol. The zero-order valence-corrected chi connectivity index (χ0v) is 14.9. The Morgan fingerprint density at radius 2 is 1.78 bits per heavy atom. The molecule has 0 spiro atoms. The lowest BCUT2D eigenvalue weighted by Gasteiger charge is -2.13. The van der Waals surface area contributed by atoms with Crippen LogP contribution in [0.4, 0.5) is 5.69 Å². The molecule has 0 bridgehead atoms. The number of nitrogens with one attached hydrogen (secondary N) is 1. The number of para-hydroxylation sites is 1. The standard InChI is InChI=1S/C20H33N3/c1-3-12-19(23-17-11-7-5-6-10-15-21)18-13-8-9-14-20(18)22-16-4-2/h8-9,12-14,16,23H,3-7,10-11,15,17,21H2,1-2H3/b19-12-,22-16?. The van der Waals surface area contributed by atoms with Crippen LogP contribution in [0.25, 0.3) is 5.70 Å². The van der Waals surface area contributed by atoms with Crippen LogP contribution in [-0.4, -0.2) is 19.3 Å². The molecular weight excluding hydrogens is 282 g/mol. The molecule has 0 saturated carbocycles. The summed E-state index contributed by atoms with van der Waals surface area (Å²) >= 11 is 0. The van der Waals surface area contributed by atoms with Crippen molar-refractivity contribution in [2.45, 2.75) is 58.8 Å². The second kappa shape index (κ2) is 12.9. The Hall–Kier alpha value is -1.61. The Balaban J connectivity index is 2.58. The second-order valence-electron chi connectivity index (χ2n) is 5.75. The number of hydrogen-bond donors (Lipinski definition) is 2. The Labute approximate surface area is 142 Å². The van der Waals surface area contributed by atoms with Crippen LogP contribution in [0.3, 0.4) is 0 Å². The van der Waals surface area contributed by atoms with E-state index >= 15 is 0 Å². The first-order valence-corrected chi connectivity index (χ1v) is 9.09. The van der Waals surface area contributed by atoms with Crippen molar-refractivity contribution < 1.29 is 0 Å². The summed E-state index contributed by atoms with van der Waals surface area (Å²) in [5.41, 5.74) is 8.97. The molecule has 3 nitrogen and oxygen atoms in total. The van der Waals surface area contributed by atoms with Crippen LogP contribution in [0, 0.1) is 0 Å². The highest BCUT2D eigenvalue weighted by Gasteiger charge is 2.05. The van der Waals surface area contributed by atoms with Gasteiger partial charge >= 0.3 is 0 Å². The highest BCUT2D eigenvalue weighted by Crippen LogP contribution is 2.25. The first-order valence-electron chi connectivity index (χ1n) is 9.09. The molecule has 0 aromatic heterocycles. The van der Waals surface area contributed by atoms with Crippen molar-refractivity contribution in [1.29, 1.82) is 0 Å². The van der Waals surface area contributed by atoms with Crippen LogP contribution in [0.5, 0.6) is 0 Å². The quantitative estimate of drug-likeness (QED) is 0.419. The molecule has 0 fully saturated rings. The SMILES string of the molecule is CCC=Nc1ccccc1/C(=C/CC)NCCCCCCCN. The predicted octanol–water partition coefficient (Wildman–Crippen LogP) is 5.05. The molecule has 0 aliphatic rings. The summed E-state index contributed by atoms with van der Waals surface area (Å²) < 4.78 is 0. The number of rotatable bonds is 12. The zero-order chi connectivity index (χ0) is 16.8. The number of allylic oxidation sites excluding steroid dienone is 1. The van der Waals surface area contributed by atoms with Crippen LogP contribution in [0.2, 0.25) is 0 Å². The molecule has 3 N–H and O–H groups in total. The van der Waals surface area contributed by atoms with Crippen molar-refractivity contribution >= 4 is 17.6 Å². The summed E-state index contributed by atoms with van der Waals surface area (Å²) in [7, 11) is 0. The minimum absolute atomic E-state index is 0.816. The van der Waals surface area contributed by atoms with Gasteiger partial charge in [0.1, 0.15) is 0 Å². The largest absolute Gasteiger partial charge is 0.385 e. The second-order valence-corrected chi connectivity index (χ2v) is 5.75. The molecule has 0 radical (unpaired) electrons. The van der Waals surface area contributed by atoms with Gasteiger partial charge in [-0.1, -0.05) is 57.4 Å². The average molecular weight is 316 g/mol. The van der Waals surface area contributed by atoms with Crippen molar-refractivity contribution in [3.8, 4) is 0 Å². The summed E-state index contributed by atoms with van der Waals surface area (Å²) in [6.07, 6.45) is 12.4. The summed E-state index contributed by atoms with van der Waals surface area (Å²) in [5.74, 6) is 0. The third kappa shape index (κ3) is 7.98. The van der Waals surface area contributed by atoms with E-state index in [4.69, 9.17) is 5.73 Å². The van der Waals surface area contributed by atoms with E-state index in [1.807, 2.05) is 12.3 Å². The van der Waals surface area contributed by atoms with Gasteiger partial charge in [0.15, 0.2) is 0 Å². The van der Waals surface area contributed by atoms with E-state index in [9.17, 15) is 0 Å². The van der Waals surface area contributed by atoms with Gasteiger partial charge in [-0.25, -0.2) is 0 Å². The smallest absolute Gasteiger partial charge is 0.0718 e. The Morgan fingerprint density at radius 1 is 1.04 bits per heavy atom. The predicted molar refractivity (Wildman–Crippen MR) is 103 cm³/mol. The number of nitrogens with zero attached hydrogens (tertiary/aromatic N) is 1. The molecule has 0 saturated heterocycles. The topological polar surface area (TPSA) is 50.4 Å². The molecule has 0 unspecified atom stereocenters. The fraction of sp³-hybridized carbons (Fsp3) is 0.550. The van der Waals surface area contributed by atoms with Crippen LogP contribution < -0.4 is 11.1 Å². The summed E-state index contributed by atoms with van der Waals surface area (Å²) in [6, 6.07) is 8.36. The molecule has 0 aliphatic heterocycles. The summed E-state index contributed by atoms with van der Waals surface area (Å²) in [6.45, 7) is 6.11. The highest BCUT2D eigenvalue weighted by atomic mass is 14.9. The molecular formula is C20H33N3. The normalized spacial score (nSPS) is 12.0. The van der Waals surface area contributed by atoms with Gasteiger partial charge in [-0.05, 0) is 38.3 Å². The first-order chi connectivity index (χ1) is 11.3. The van der Waals surface area contributed by atoms with Gasteiger partial charge in [-0.2, -0.15) is 0 Å². The van der Waals surface area contributed by atoms with Gasteiger partial charge < -0.3 is 11.1 Å². The van der Waals surface area contributed by atoms with Gasteiger partial charge in [-0.3, -0.25) is 4.99 Å². The average Bonchev–Trinajstić information content (AvgIpc) is 2.58. The van der Waals surface area contributed by atoms with Crippen molar-refractivity contribution in [3.05, 3.63) is 35.9 Å². The molecule has 3 heteroatoms. The van der Waals surface area contributed by atoms with Crippen LogP contribution in [-0.2, 0) is 0 Å². The number of unbranched alkanes of at least 4 members (excludes halogenated alkanes) is 4. The fourth-order valence-corrected chi connectivity index (χ4v) is 2.51. The maximum absolute atomic E-state index is 5.52. The minimum Gasteiger partial charge on any atom is -0.385 e. The third-order valence-corrected chi connectivity index (χ3v) is 3.71. The molecule has 1 aromatic rings. The highest BCUT2D eigenvalue weighted by molar-refractivity contribution is 5.76. The number of nitrogens with two attached hydrogens (primary N) is 1. The van der Waals surface area contributed by atoms with E-state index in [0.717, 1.165) is 38.0 Å². The van der Waals surface area contributed by atoms with Crippen LogP contribution in [0.15, 0.2) is 35.3 Å². The van der Waals surface area contributed by atoms with Gasteiger partial charge in [0.2, 0.25) is 0 Å². The Morgan fingerprint density at radius 3 is 2.52 bits per heavy atom. The lowest BCUT2D eigenvalue weighted by atomic mass is 10.1. The molecule has 1 rings (SSSR count). The number of aliphatic imine (C=N–C) groups is 1. The van der Waals surface area contributed by atoms with Crippen molar-refractivity contribution in [3.63, 3.8) is 0 Å². The molecule has 1 aromatic carbocycles.